The standard InChI is InChI=1S/C21H24N2O4/c1-26-19-10-6-5-9-18(19)22-21(25)16-11-13-23(14-12-16)20(24)15-27-17-7-3-2-4-8-17/h2-10,16H,11-15H2,1H3,(H,22,25). The second-order valence-corrected chi connectivity index (χ2v) is 6.45. The fraction of sp³-hybridized carbons (Fsp3) is 0.333. The second kappa shape index (κ2) is 9.07. The van der Waals surface area contributed by atoms with Gasteiger partial charge in [0, 0.05) is 19.0 Å². The Bertz CT molecular complexity index is 771. The zero-order valence-electron chi connectivity index (χ0n) is 15.4. The van der Waals surface area contributed by atoms with Crippen molar-refractivity contribution < 1.29 is 19.1 Å². The van der Waals surface area contributed by atoms with Crippen LogP contribution in [0.25, 0.3) is 0 Å². The largest absolute Gasteiger partial charge is 0.495 e. The van der Waals surface area contributed by atoms with Gasteiger partial charge in [0.05, 0.1) is 12.8 Å². The van der Waals surface area contributed by atoms with Crippen molar-refractivity contribution in [3.05, 3.63) is 54.6 Å². The molecule has 1 fully saturated rings. The first-order valence-corrected chi connectivity index (χ1v) is 9.07. The molecular formula is C21H24N2O4. The highest BCUT2D eigenvalue weighted by molar-refractivity contribution is 5.94. The molecule has 6 nitrogen and oxygen atoms in total. The number of anilines is 1. The summed E-state index contributed by atoms with van der Waals surface area (Å²) < 4.78 is 10.8. The van der Waals surface area contributed by atoms with E-state index in [0.717, 1.165) is 0 Å². The lowest BCUT2D eigenvalue weighted by Crippen LogP contribution is -2.43. The summed E-state index contributed by atoms with van der Waals surface area (Å²) in [6, 6.07) is 16.6. The summed E-state index contributed by atoms with van der Waals surface area (Å²) in [5.41, 5.74) is 0.666. The Hall–Kier alpha value is -3.02. The monoisotopic (exact) mass is 368 g/mol. The van der Waals surface area contributed by atoms with E-state index in [4.69, 9.17) is 9.47 Å². The number of rotatable bonds is 6. The predicted octanol–water partition coefficient (Wildman–Crippen LogP) is 2.95. The van der Waals surface area contributed by atoms with Gasteiger partial charge < -0.3 is 19.7 Å². The molecule has 0 atom stereocenters. The first kappa shape index (κ1) is 18.8. The quantitative estimate of drug-likeness (QED) is 0.851. The highest BCUT2D eigenvalue weighted by Gasteiger charge is 2.27. The van der Waals surface area contributed by atoms with E-state index in [2.05, 4.69) is 5.32 Å². The van der Waals surface area contributed by atoms with Gasteiger partial charge in [-0.2, -0.15) is 0 Å². The van der Waals surface area contributed by atoms with Crippen LogP contribution >= 0.6 is 0 Å². The Labute approximate surface area is 159 Å². The molecule has 2 aromatic rings. The highest BCUT2D eigenvalue weighted by Crippen LogP contribution is 2.25. The van der Waals surface area contributed by atoms with E-state index in [1.165, 1.54) is 0 Å². The summed E-state index contributed by atoms with van der Waals surface area (Å²) >= 11 is 0. The molecule has 6 heteroatoms. The van der Waals surface area contributed by atoms with Crippen LogP contribution in [-0.4, -0.2) is 43.5 Å². The van der Waals surface area contributed by atoms with Crippen molar-refractivity contribution in [2.45, 2.75) is 12.8 Å². The first-order valence-electron chi connectivity index (χ1n) is 9.07. The summed E-state index contributed by atoms with van der Waals surface area (Å²) in [4.78, 5) is 26.6. The number of methoxy groups -OCH3 is 1. The predicted molar refractivity (Wildman–Crippen MR) is 103 cm³/mol. The van der Waals surface area contributed by atoms with Gasteiger partial charge in [-0.05, 0) is 37.1 Å². The van der Waals surface area contributed by atoms with Crippen molar-refractivity contribution in [2.75, 3.05) is 32.1 Å². The molecule has 27 heavy (non-hydrogen) atoms. The minimum Gasteiger partial charge on any atom is -0.495 e. The normalized spacial score (nSPS) is 14.5. The number of nitrogens with one attached hydrogen (secondary N) is 1. The van der Waals surface area contributed by atoms with Gasteiger partial charge in [-0.25, -0.2) is 0 Å². The minimum atomic E-state index is -0.117. The number of piperidine rings is 1. The van der Waals surface area contributed by atoms with Crippen molar-refractivity contribution in [1.82, 2.24) is 4.90 Å². The number of para-hydroxylation sites is 3. The Morgan fingerprint density at radius 3 is 2.41 bits per heavy atom. The van der Waals surface area contributed by atoms with Crippen LogP contribution in [-0.2, 0) is 9.59 Å². The third kappa shape index (κ3) is 5.00. The maximum atomic E-state index is 12.5. The molecule has 1 heterocycles. The number of amides is 2. The van der Waals surface area contributed by atoms with Crippen molar-refractivity contribution in [3.8, 4) is 11.5 Å². The Morgan fingerprint density at radius 2 is 1.70 bits per heavy atom. The van der Waals surface area contributed by atoms with Gasteiger partial charge in [0.25, 0.3) is 5.91 Å². The van der Waals surface area contributed by atoms with Gasteiger partial charge in [0.2, 0.25) is 5.91 Å². The number of hydrogen-bond acceptors (Lipinski definition) is 4. The molecule has 142 valence electrons. The number of carbonyl (C=O) groups is 2. The van der Waals surface area contributed by atoms with Gasteiger partial charge >= 0.3 is 0 Å². The van der Waals surface area contributed by atoms with E-state index in [-0.39, 0.29) is 24.3 Å². The molecule has 0 aromatic heterocycles. The fourth-order valence-electron chi connectivity index (χ4n) is 3.13. The first-order chi connectivity index (χ1) is 13.2. The molecule has 1 aliphatic rings. The summed E-state index contributed by atoms with van der Waals surface area (Å²) in [5.74, 6) is 1.11. The molecule has 2 amide bonds. The van der Waals surface area contributed by atoms with Crippen LogP contribution in [0.15, 0.2) is 54.6 Å². The number of nitrogens with zero attached hydrogens (tertiary/aromatic N) is 1. The van der Waals surface area contributed by atoms with Crippen LogP contribution in [0.1, 0.15) is 12.8 Å². The molecule has 1 N–H and O–H groups in total. The Balaban J connectivity index is 1.46. The minimum absolute atomic E-state index is 0.0160. The molecule has 0 aliphatic carbocycles. The summed E-state index contributed by atoms with van der Waals surface area (Å²) in [7, 11) is 1.58. The van der Waals surface area contributed by atoms with Crippen LogP contribution < -0.4 is 14.8 Å². The third-order valence-corrected chi connectivity index (χ3v) is 4.69. The maximum absolute atomic E-state index is 12.5. The van der Waals surface area contributed by atoms with E-state index in [1.807, 2.05) is 54.6 Å². The van der Waals surface area contributed by atoms with Crippen molar-refractivity contribution in [3.63, 3.8) is 0 Å². The number of benzene rings is 2. The fourth-order valence-corrected chi connectivity index (χ4v) is 3.13. The van der Waals surface area contributed by atoms with Crippen molar-refractivity contribution in [1.29, 1.82) is 0 Å². The van der Waals surface area contributed by atoms with Crippen LogP contribution in [0, 0.1) is 5.92 Å². The molecule has 0 unspecified atom stereocenters. The highest BCUT2D eigenvalue weighted by atomic mass is 16.5. The van der Waals surface area contributed by atoms with Crippen LogP contribution in [0.2, 0.25) is 0 Å². The van der Waals surface area contributed by atoms with E-state index >= 15 is 0 Å². The van der Waals surface area contributed by atoms with Crippen molar-refractivity contribution in [2.24, 2.45) is 5.92 Å². The molecule has 1 saturated heterocycles. The summed E-state index contributed by atoms with van der Waals surface area (Å²) in [5, 5.41) is 2.93. The van der Waals surface area contributed by atoms with Gasteiger partial charge in [-0.3, -0.25) is 9.59 Å². The van der Waals surface area contributed by atoms with E-state index in [9.17, 15) is 9.59 Å². The van der Waals surface area contributed by atoms with E-state index in [0.29, 0.717) is 43.1 Å². The van der Waals surface area contributed by atoms with Crippen LogP contribution in [0.5, 0.6) is 11.5 Å². The van der Waals surface area contributed by atoms with Crippen molar-refractivity contribution >= 4 is 17.5 Å². The summed E-state index contributed by atoms with van der Waals surface area (Å²) in [6.45, 7) is 1.13. The number of likely N-dealkylation sites (tertiary alicyclic amines) is 1. The second-order valence-electron chi connectivity index (χ2n) is 6.45. The lowest BCUT2D eigenvalue weighted by Gasteiger charge is -2.31. The van der Waals surface area contributed by atoms with Gasteiger partial charge in [-0.15, -0.1) is 0 Å². The molecule has 0 saturated carbocycles. The lowest BCUT2D eigenvalue weighted by atomic mass is 9.95. The topological polar surface area (TPSA) is 67.9 Å². The molecule has 3 rings (SSSR count). The van der Waals surface area contributed by atoms with Crippen LogP contribution in [0.4, 0.5) is 5.69 Å². The zero-order chi connectivity index (χ0) is 19.1. The number of ether oxygens (including phenoxy) is 2. The summed E-state index contributed by atoms with van der Waals surface area (Å²) in [6.07, 6.45) is 1.27. The van der Waals surface area contributed by atoms with E-state index < -0.39 is 0 Å². The average molecular weight is 368 g/mol. The molecule has 1 aliphatic heterocycles. The average Bonchev–Trinajstić information content (AvgIpc) is 2.73. The molecule has 0 radical (unpaired) electrons. The smallest absolute Gasteiger partial charge is 0.260 e. The molecule has 0 spiro atoms. The Morgan fingerprint density at radius 1 is 1.04 bits per heavy atom. The maximum Gasteiger partial charge on any atom is 0.260 e. The van der Waals surface area contributed by atoms with E-state index in [1.54, 1.807) is 12.0 Å². The van der Waals surface area contributed by atoms with Gasteiger partial charge in [0.15, 0.2) is 6.61 Å². The zero-order valence-corrected chi connectivity index (χ0v) is 15.4. The van der Waals surface area contributed by atoms with Gasteiger partial charge in [0.1, 0.15) is 11.5 Å². The SMILES string of the molecule is COc1ccccc1NC(=O)C1CCN(C(=O)COc2ccccc2)CC1. The van der Waals surface area contributed by atoms with Crippen LogP contribution in [0.3, 0.4) is 0 Å². The third-order valence-electron chi connectivity index (χ3n) is 4.69. The lowest BCUT2D eigenvalue weighted by molar-refractivity contribution is -0.136. The number of hydrogen-bond donors (Lipinski definition) is 1. The molecule has 2 aromatic carbocycles. The Kier molecular flexibility index (Phi) is 6.30. The number of carbonyl (C=O) groups excluding carboxylic acids is 2. The molecule has 0 bridgehead atoms. The molecular weight excluding hydrogens is 344 g/mol. The van der Waals surface area contributed by atoms with Gasteiger partial charge in [-0.1, -0.05) is 30.3 Å².